The summed E-state index contributed by atoms with van der Waals surface area (Å²) in [5, 5.41) is 2.85. The molecule has 6 nitrogen and oxygen atoms in total. The number of nitrogens with zero attached hydrogens (tertiary/aromatic N) is 2. The Balaban J connectivity index is 2.22. The van der Waals surface area contributed by atoms with Gasteiger partial charge in [-0.15, -0.1) is 0 Å². The normalized spacial score (nSPS) is 16.7. The van der Waals surface area contributed by atoms with Crippen LogP contribution in [0.5, 0.6) is 0 Å². The summed E-state index contributed by atoms with van der Waals surface area (Å²) in [5.41, 5.74) is 0. The molecule has 1 saturated heterocycles. The fraction of sp³-hybridized carbons (Fsp3) is 0.833. The first-order chi connectivity index (χ1) is 8.67. The molecule has 1 heterocycles. The fourth-order valence-corrected chi connectivity index (χ4v) is 1.89. The summed E-state index contributed by atoms with van der Waals surface area (Å²) in [7, 11) is 1.52. The SMILES string of the molecule is CCCNC(=O)CN1CCN(C(=O)COC)CC1. The molecule has 0 aromatic rings. The second-order valence-corrected chi connectivity index (χ2v) is 4.44. The molecular weight excluding hydrogens is 234 g/mol. The van der Waals surface area contributed by atoms with Crippen molar-refractivity contribution in [2.24, 2.45) is 0 Å². The van der Waals surface area contributed by atoms with E-state index in [9.17, 15) is 9.59 Å². The van der Waals surface area contributed by atoms with E-state index >= 15 is 0 Å². The molecule has 0 unspecified atom stereocenters. The highest BCUT2D eigenvalue weighted by Gasteiger charge is 2.21. The van der Waals surface area contributed by atoms with Crippen LogP contribution in [-0.2, 0) is 14.3 Å². The molecule has 0 radical (unpaired) electrons. The van der Waals surface area contributed by atoms with Gasteiger partial charge in [-0.3, -0.25) is 14.5 Å². The van der Waals surface area contributed by atoms with Crippen molar-refractivity contribution in [3.63, 3.8) is 0 Å². The minimum atomic E-state index is 0.0209. The fourth-order valence-electron chi connectivity index (χ4n) is 1.89. The lowest BCUT2D eigenvalue weighted by Gasteiger charge is -2.34. The monoisotopic (exact) mass is 257 g/mol. The van der Waals surface area contributed by atoms with E-state index in [0.717, 1.165) is 26.1 Å². The molecular formula is C12H23N3O3. The van der Waals surface area contributed by atoms with Crippen LogP contribution < -0.4 is 5.32 Å². The summed E-state index contributed by atoms with van der Waals surface area (Å²) in [5.74, 6) is 0.0844. The van der Waals surface area contributed by atoms with Crippen LogP contribution in [0.15, 0.2) is 0 Å². The Morgan fingerprint density at radius 1 is 1.22 bits per heavy atom. The van der Waals surface area contributed by atoms with Gasteiger partial charge in [0.05, 0.1) is 6.54 Å². The Hall–Kier alpha value is -1.14. The van der Waals surface area contributed by atoms with Crippen LogP contribution in [0, 0.1) is 0 Å². The molecule has 1 aliphatic rings. The van der Waals surface area contributed by atoms with Gasteiger partial charge in [0.15, 0.2) is 0 Å². The van der Waals surface area contributed by atoms with Crippen LogP contribution in [0.3, 0.4) is 0 Å². The number of rotatable bonds is 6. The van der Waals surface area contributed by atoms with Crippen LogP contribution in [0.1, 0.15) is 13.3 Å². The third-order valence-electron chi connectivity index (χ3n) is 2.93. The predicted molar refractivity (Wildman–Crippen MR) is 68.2 cm³/mol. The molecule has 1 rings (SSSR count). The maximum atomic E-state index is 11.6. The molecule has 0 saturated carbocycles. The molecule has 0 aromatic carbocycles. The zero-order valence-corrected chi connectivity index (χ0v) is 11.3. The van der Waals surface area contributed by atoms with Crippen molar-refractivity contribution in [1.82, 2.24) is 15.1 Å². The van der Waals surface area contributed by atoms with Gasteiger partial charge in [0, 0.05) is 39.8 Å². The maximum Gasteiger partial charge on any atom is 0.248 e. The van der Waals surface area contributed by atoms with Crippen molar-refractivity contribution < 1.29 is 14.3 Å². The molecule has 0 aromatic heterocycles. The van der Waals surface area contributed by atoms with Gasteiger partial charge in [0.2, 0.25) is 11.8 Å². The number of carbonyl (C=O) groups excluding carboxylic acids is 2. The van der Waals surface area contributed by atoms with Crippen molar-refractivity contribution in [2.45, 2.75) is 13.3 Å². The zero-order valence-electron chi connectivity index (χ0n) is 11.3. The Labute approximate surface area is 108 Å². The maximum absolute atomic E-state index is 11.6. The largest absolute Gasteiger partial charge is 0.375 e. The summed E-state index contributed by atoms with van der Waals surface area (Å²) in [4.78, 5) is 27.0. The molecule has 0 spiro atoms. The lowest BCUT2D eigenvalue weighted by molar-refractivity contribution is -0.137. The van der Waals surface area contributed by atoms with Gasteiger partial charge in [0.1, 0.15) is 6.61 Å². The summed E-state index contributed by atoms with van der Waals surface area (Å²) >= 11 is 0. The number of hydrogen-bond donors (Lipinski definition) is 1. The number of methoxy groups -OCH3 is 1. The van der Waals surface area contributed by atoms with E-state index in [-0.39, 0.29) is 18.4 Å². The molecule has 6 heteroatoms. The first-order valence-corrected chi connectivity index (χ1v) is 6.43. The number of piperazine rings is 1. The van der Waals surface area contributed by atoms with Crippen molar-refractivity contribution >= 4 is 11.8 Å². The third-order valence-corrected chi connectivity index (χ3v) is 2.93. The summed E-state index contributed by atoms with van der Waals surface area (Å²) in [6, 6.07) is 0. The van der Waals surface area contributed by atoms with E-state index in [4.69, 9.17) is 4.74 Å². The molecule has 0 atom stereocenters. The number of hydrogen-bond acceptors (Lipinski definition) is 4. The van der Waals surface area contributed by atoms with E-state index in [1.54, 1.807) is 4.90 Å². The summed E-state index contributed by atoms with van der Waals surface area (Å²) < 4.78 is 4.82. The minimum Gasteiger partial charge on any atom is -0.375 e. The van der Waals surface area contributed by atoms with E-state index in [1.165, 1.54) is 7.11 Å². The highest BCUT2D eigenvalue weighted by molar-refractivity contribution is 5.78. The van der Waals surface area contributed by atoms with E-state index in [1.807, 2.05) is 6.92 Å². The third kappa shape index (κ3) is 5.01. The molecule has 0 aliphatic carbocycles. The average Bonchev–Trinajstić information content (AvgIpc) is 2.37. The quantitative estimate of drug-likeness (QED) is 0.684. The molecule has 18 heavy (non-hydrogen) atoms. The van der Waals surface area contributed by atoms with Crippen molar-refractivity contribution in [3.8, 4) is 0 Å². The second-order valence-electron chi connectivity index (χ2n) is 4.44. The lowest BCUT2D eigenvalue weighted by Crippen LogP contribution is -2.51. The summed E-state index contributed by atoms with van der Waals surface area (Å²) in [6.07, 6.45) is 0.949. The Kier molecular flexibility index (Phi) is 6.67. The molecule has 1 aliphatic heterocycles. The van der Waals surface area contributed by atoms with E-state index in [0.29, 0.717) is 19.6 Å². The van der Waals surface area contributed by atoms with E-state index < -0.39 is 0 Å². The summed E-state index contributed by atoms with van der Waals surface area (Å²) in [6.45, 7) is 6.14. The standard InChI is InChI=1S/C12H23N3O3/c1-3-4-13-11(16)9-14-5-7-15(8-6-14)12(17)10-18-2/h3-10H2,1-2H3,(H,13,16). The van der Waals surface area contributed by atoms with Crippen LogP contribution >= 0.6 is 0 Å². The van der Waals surface area contributed by atoms with Gasteiger partial charge in [0.25, 0.3) is 0 Å². The van der Waals surface area contributed by atoms with Crippen molar-refractivity contribution in [3.05, 3.63) is 0 Å². The van der Waals surface area contributed by atoms with Gasteiger partial charge in [-0.1, -0.05) is 6.92 Å². The van der Waals surface area contributed by atoms with Crippen LogP contribution in [0.25, 0.3) is 0 Å². The highest BCUT2D eigenvalue weighted by Crippen LogP contribution is 2.02. The second kappa shape index (κ2) is 8.05. The van der Waals surface area contributed by atoms with Crippen LogP contribution in [0.2, 0.25) is 0 Å². The molecule has 1 fully saturated rings. The highest BCUT2D eigenvalue weighted by atomic mass is 16.5. The Morgan fingerprint density at radius 3 is 2.44 bits per heavy atom. The lowest BCUT2D eigenvalue weighted by atomic mass is 10.3. The molecule has 104 valence electrons. The smallest absolute Gasteiger partial charge is 0.248 e. The van der Waals surface area contributed by atoms with Crippen molar-refractivity contribution in [1.29, 1.82) is 0 Å². The average molecular weight is 257 g/mol. The Morgan fingerprint density at radius 2 is 1.89 bits per heavy atom. The predicted octanol–water partition coefficient (Wildman–Crippen LogP) is -0.697. The van der Waals surface area contributed by atoms with E-state index in [2.05, 4.69) is 10.2 Å². The molecule has 0 bridgehead atoms. The van der Waals surface area contributed by atoms with Gasteiger partial charge in [-0.25, -0.2) is 0 Å². The van der Waals surface area contributed by atoms with Gasteiger partial charge < -0.3 is 15.0 Å². The van der Waals surface area contributed by atoms with Crippen LogP contribution in [0.4, 0.5) is 0 Å². The molecule has 1 N–H and O–H groups in total. The van der Waals surface area contributed by atoms with Gasteiger partial charge in [-0.2, -0.15) is 0 Å². The van der Waals surface area contributed by atoms with Gasteiger partial charge >= 0.3 is 0 Å². The topological polar surface area (TPSA) is 61.9 Å². The molecule has 2 amide bonds. The first-order valence-electron chi connectivity index (χ1n) is 6.43. The number of ether oxygens (including phenoxy) is 1. The number of amides is 2. The van der Waals surface area contributed by atoms with Crippen LogP contribution in [-0.4, -0.2) is 74.6 Å². The Bertz CT molecular complexity index is 276. The zero-order chi connectivity index (χ0) is 13.4. The number of carbonyl (C=O) groups is 2. The first kappa shape index (κ1) is 14.9. The van der Waals surface area contributed by atoms with Crippen molar-refractivity contribution in [2.75, 3.05) is 53.0 Å². The minimum absolute atomic E-state index is 0.0209. The number of nitrogens with one attached hydrogen (secondary N) is 1. The van der Waals surface area contributed by atoms with Gasteiger partial charge in [-0.05, 0) is 6.42 Å².